The molecule has 34 heavy (non-hydrogen) atoms. The predicted octanol–water partition coefficient (Wildman–Crippen LogP) is 4.62. The van der Waals surface area contributed by atoms with Crippen molar-refractivity contribution >= 4 is 28.9 Å². The first kappa shape index (κ1) is 20.3. The Morgan fingerprint density at radius 3 is 2.35 bits per heavy atom. The molecule has 2 aromatic carbocycles. The summed E-state index contributed by atoms with van der Waals surface area (Å²) in [5.74, 6) is 0.260. The molecule has 3 heterocycles. The number of para-hydroxylation sites is 2. The van der Waals surface area contributed by atoms with Gasteiger partial charge in [-0.15, -0.1) is 0 Å². The highest BCUT2D eigenvalue weighted by atomic mass is 16.2. The number of nitrogens with zero attached hydrogens (tertiary/aromatic N) is 4. The molecular weight excluding hydrogens is 424 g/mol. The lowest BCUT2D eigenvalue weighted by atomic mass is 9.63. The van der Waals surface area contributed by atoms with Gasteiger partial charge in [0.05, 0.1) is 5.57 Å². The van der Waals surface area contributed by atoms with E-state index in [1.807, 2.05) is 88.6 Å². The molecule has 0 fully saturated rings. The van der Waals surface area contributed by atoms with Crippen LogP contribution in [0.2, 0.25) is 0 Å². The maximum absolute atomic E-state index is 14.2. The normalized spacial score (nSPS) is 21.8. The topological polar surface area (TPSA) is 69.3 Å². The number of allylic oxidation sites excluding steroid dienone is 1. The van der Waals surface area contributed by atoms with Crippen molar-refractivity contribution in [3.63, 3.8) is 0 Å². The van der Waals surface area contributed by atoms with E-state index in [4.69, 9.17) is 0 Å². The van der Waals surface area contributed by atoms with Gasteiger partial charge in [-0.2, -0.15) is 5.26 Å². The van der Waals surface area contributed by atoms with Crippen LogP contribution in [0.4, 0.5) is 11.4 Å². The number of ketones is 1. The molecule has 0 unspecified atom stereocenters. The second-order valence-corrected chi connectivity index (χ2v) is 8.80. The Morgan fingerprint density at radius 2 is 1.62 bits per heavy atom. The summed E-state index contributed by atoms with van der Waals surface area (Å²) in [5.41, 5.74) is 2.31. The van der Waals surface area contributed by atoms with Gasteiger partial charge in [0.15, 0.2) is 5.78 Å². The zero-order valence-electron chi connectivity index (χ0n) is 18.7. The van der Waals surface area contributed by atoms with E-state index in [9.17, 15) is 14.9 Å². The van der Waals surface area contributed by atoms with Crippen molar-refractivity contribution < 1.29 is 9.59 Å². The van der Waals surface area contributed by atoms with E-state index in [-0.39, 0.29) is 17.3 Å². The number of benzene rings is 2. The summed E-state index contributed by atoms with van der Waals surface area (Å²) < 4.78 is 1.88. The minimum absolute atomic E-state index is 0.0695. The number of anilines is 2. The van der Waals surface area contributed by atoms with E-state index in [1.165, 1.54) is 0 Å². The third kappa shape index (κ3) is 2.44. The standard InChI is InChI=1S/C28H22N4O2/c1-30-22-13-6-5-12-20(22)28(27(30)34)21(18-29)26(31-16-7-8-17-31)32(19-10-3-2-4-11-19)23-14-9-15-24(33)25(23)28/h2-8,10-13,16-17H,9,14-15H2,1H3/t28-/m0/s1. The maximum Gasteiger partial charge on any atom is 0.247 e. The third-order valence-corrected chi connectivity index (χ3v) is 7.11. The number of Topliss-reactive ketones (excluding diaryl/α,β-unsaturated/α-hetero) is 1. The first-order valence-electron chi connectivity index (χ1n) is 11.4. The molecule has 1 amide bonds. The van der Waals surface area contributed by atoms with Crippen LogP contribution < -0.4 is 9.80 Å². The van der Waals surface area contributed by atoms with Crippen molar-refractivity contribution in [1.82, 2.24) is 4.57 Å². The average molecular weight is 447 g/mol. The number of amides is 1. The van der Waals surface area contributed by atoms with Crippen molar-refractivity contribution in [3.05, 3.63) is 102 Å². The van der Waals surface area contributed by atoms with E-state index < -0.39 is 5.41 Å². The summed E-state index contributed by atoms with van der Waals surface area (Å²) in [6, 6.07) is 23.4. The zero-order valence-corrected chi connectivity index (χ0v) is 18.7. The molecule has 0 bridgehead atoms. The molecule has 6 heteroatoms. The number of hydrogen-bond acceptors (Lipinski definition) is 4. The summed E-state index contributed by atoms with van der Waals surface area (Å²) in [5, 5.41) is 10.7. The Bertz CT molecular complexity index is 1440. The lowest BCUT2D eigenvalue weighted by Gasteiger charge is -2.45. The maximum atomic E-state index is 14.2. The van der Waals surface area contributed by atoms with Crippen molar-refractivity contribution in [3.8, 4) is 6.07 Å². The van der Waals surface area contributed by atoms with Crippen LogP contribution in [0.5, 0.6) is 0 Å². The zero-order chi connectivity index (χ0) is 23.4. The summed E-state index contributed by atoms with van der Waals surface area (Å²) in [7, 11) is 1.72. The minimum Gasteiger partial charge on any atom is -0.314 e. The first-order valence-corrected chi connectivity index (χ1v) is 11.4. The van der Waals surface area contributed by atoms with Gasteiger partial charge < -0.3 is 9.47 Å². The van der Waals surface area contributed by atoms with Crippen molar-refractivity contribution in [2.45, 2.75) is 24.7 Å². The SMILES string of the molecule is CN1C(=O)[C@]2(C(C#N)=C(n3cccc3)N(c3ccccc3)C3=C2C(=O)CCC3)c2ccccc21. The highest BCUT2D eigenvalue weighted by Gasteiger charge is 2.62. The molecule has 166 valence electrons. The van der Waals surface area contributed by atoms with E-state index in [1.54, 1.807) is 11.9 Å². The molecule has 1 atom stereocenters. The highest BCUT2D eigenvalue weighted by molar-refractivity contribution is 6.21. The molecule has 3 aliphatic rings. The molecule has 3 aromatic rings. The minimum atomic E-state index is -1.46. The van der Waals surface area contributed by atoms with Gasteiger partial charge in [0.1, 0.15) is 17.3 Å². The summed E-state index contributed by atoms with van der Waals surface area (Å²) in [6.45, 7) is 0. The van der Waals surface area contributed by atoms with Gasteiger partial charge in [0, 0.05) is 54.1 Å². The molecule has 2 aliphatic heterocycles. The van der Waals surface area contributed by atoms with Gasteiger partial charge in [0.25, 0.3) is 0 Å². The van der Waals surface area contributed by atoms with E-state index >= 15 is 0 Å². The quantitative estimate of drug-likeness (QED) is 0.576. The Balaban J connectivity index is 1.80. The molecule has 6 rings (SSSR count). The number of hydrogen-bond donors (Lipinski definition) is 0. The van der Waals surface area contributed by atoms with Crippen molar-refractivity contribution in [2.24, 2.45) is 0 Å². The summed E-state index contributed by atoms with van der Waals surface area (Å²) >= 11 is 0. The number of nitriles is 1. The van der Waals surface area contributed by atoms with Gasteiger partial charge in [-0.1, -0.05) is 36.4 Å². The van der Waals surface area contributed by atoms with E-state index in [2.05, 4.69) is 6.07 Å². The number of fused-ring (bicyclic) bond motifs is 3. The monoisotopic (exact) mass is 446 g/mol. The van der Waals surface area contributed by atoms with E-state index in [0.29, 0.717) is 36.2 Å². The Labute approximate surface area is 197 Å². The fourth-order valence-corrected chi connectivity index (χ4v) is 5.76. The Kier molecular flexibility index (Phi) is 4.36. The van der Waals surface area contributed by atoms with Gasteiger partial charge in [-0.3, -0.25) is 14.5 Å². The van der Waals surface area contributed by atoms with Crippen LogP contribution in [0.15, 0.2) is 96.0 Å². The van der Waals surface area contributed by atoms with Crippen LogP contribution in [-0.4, -0.2) is 23.3 Å². The molecule has 1 aromatic heterocycles. The molecule has 0 radical (unpaired) electrons. The largest absolute Gasteiger partial charge is 0.314 e. The number of likely N-dealkylation sites (N-methyl/N-ethyl adjacent to an activating group) is 1. The molecule has 1 aliphatic carbocycles. The van der Waals surface area contributed by atoms with Crippen LogP contribution in [0.3, 0.4) is 0 Å². The van der Waals surface area contributed by atoms with Gasteiger partial charge in [0.2, 0.25) is 5.91 Å². The number of rotatable bonds is 2. The van der Waals surface area contributed by atoms with Crippen LogP contribution in [-0.2, 0) is 15.0 Å². The fraction of sp³-hybridized carbons (Fsp3) is 0.179. The molecule has 0 N–H and O–H groups in total. The molecular formula is C28H22N4O2. The number of carbonyl (C=O) groups is 2. The first-order chi connectivity index (χ1) is 16.6. The molecule has 1 spiro atoms. The van der Waals surface area contributed by atoms with Crippen molar-refractivity contribution in [1.29, 1.82) is 5.26 Å². The number of carbonyl (C=O) groups excluding carboxylic acids is 2. The smallest absolute Gasteiger partial charge is 0.247 e. The Hall–Kier alpha value is -4.37. The lowest BCUT2D eigenvalue weighted by Crippen LogP contribution is -2.51. The Morgan fingerprint density at radius 1 is 0.912 bits per heavy atom. The second-order valence-electron chi connectivity index (χ2n) is 8.80. The van der Waals surface area contributed by atoms with Crippen LogP contribution >= 0.6 is 0 Å². The average Bonchev–Trinajstić information content (AvgIpc) is 3.48. The third-order valence-electron chi connectivity index (χ3n) is 7.11. The fourth-order valence-electron chi connectivity index (χ4n) is 5.76. The highest BCUT2D eigenvalue weighted by Crippen LogP contribution is 2.57. The number of aromatic nitrogens is 1. The van der Waals surface area contributed by atoms with Crippen molar-refractivity contribution in [2.75, 3.05) is 16.8 Å². The lowest BCUT2D eigenvalue weighted by molar-refractivity contribution is -0.123. The van der Waals surface area contributed by atoms with E-state index in [0.717, 1.165) is 17.1 Å². The molecule has 6 nitrogen and oxygen atoms in total. The molecule has 0 saturated heterocycles. The van der Waals surface area contributed by atoms with Gasteiger partial charge in [-0.25, -0.2) is 0 Å². The van der Waals surface area contributed by atoms with Gasteiger partial charge >= 0.3 is 0 Å². The van der Waals surface area contributed by atoms with Crippen LogP contribution in [0.25, 0.3) is 5.82 Å². The van der Waals surface area contributed by atoms with Gasteiger partial charge in [-0.05, 0) is 43.2 Å². The van der Waals surface area contributed by atoms with Crippen LogP contribution in [0.1, 0.15) is 24.8 Å². The van der Waals surface area contributed by atoms with Crippen LogP contribution in [0, 0.1) is 11.3 Å². The predicted molar refractivity (Wildman–Crippen MR) is 130 cm³/mol. The molecule has 0 saturated carbocycles. The second kappa shape index (κ2) is 7.32. The summed E-state index contributed by atoms with van der Waals surface area (Å²) in [6.07, 6.45) is 5.45. The summed E-state index contributed by atoms with van der Waals surface area (Å²) in [4.78, 5) is 31.5.